The van der Waals surface area contributed by atoms with Gasteiger partial charge in [0.25, 0.3) is 0 Å². The Bertz CT molecular complexity index is 1430. The molecule has 0 bridgehead atoms. The van der Waals surface area contributed by atoms with Gasteiger partial charge in [-0.2, -0.15) is 10.2 Å². The highest BCUT2D eigenvalue weighted by atomic mass is 16.7. The van der Waals surface area contributed by atoms with Gasteiger partial charge in [0, 0.05) is 69.0 Å². The van der Waals surface area contributed by atoms with Crippen LogP contribution in [-0.4, -0.2) is 67.7 Å². The van der Waals surface area contributed by atoms with Crippen molar-refractivity contribution in [2.45, 2.75) is 44.4 Å². The standard InChI is InChI=1S/C28H33N7O4/c1-18(36)39-25-10-6-9-24(26(25)38-17-37-4)32-28-23(22-13-31-35(3)16-22)14-29-27(33-28)20-8-5-7-19(11-20)21-12-30-34(2)15-21/h5,7-8,11-16,24-26H,6,9-10,17H2,1-4H3,(H,29,32,33)/t24-,25?,26-/m0/s1. The molecule has 4 aromatic rings. The molecule has 39 heavy (non-hydrogen) atoms. The summed E-state index contributed by atoms with van der Waals surface area (Å²) in [6.45, 7) is 1.51. The predicted octanol–water partition coefficient (Wildman–Crippen LogP) is 3.83. The van der Waals surface area contributed by atoms with Crippen molar-refractivity contribution in [3.05, 3.63) is 55.2 Å². The number of anilines is 1. The summed E-state index contributed by atoms with van der Waals surface area (Å²) in [6, 6.07) is 7.91. The molecule has 1 fully saturated rings. The minimum Gasteiger partial charge on any atom is -0.460 e. The van der Waals surface area contributed by atoms with E-state index in [1.165, 1.54) is 6.92 Å². The molecular formula is C28H33N7O4. The summed E-state index contributed by atoms with van der Waals surface area (Å²) in [4.78, 5) is 21.5. The average Bonchev–Trinajstić information content (AvgIpc) is 3.56. The molecule has 204 valence electrons. The first kappa shape index (κ1) is 26.5. The smallest absolute Gasteiger partial charge is 0.302 e. The molecule has 0 spiro atoms. The monoisotopic (exact) mass is 531 g/mol. The predicted molar refractivity (Wildman–Crippen MR) is 145 cm³/mol. The normalized spacial score (nSPS) is 19.1. The molecule has 3 atom stereocenters. The molecule has 0 radical (unpaired) electrons. The molecule has 1 aromatic carbocycles. The summed E-state index contributed by atoms with van der Waals surface area (Å²) >= 11 is 0. The van der Waals surface area contributed by atoms with Gasteiger partial charge in [0.2, 0.25) is 0 Å². The van der Waals surface area contributed by atoms with Gasteiger partial charge in [0.1, 0.15) is 24.8 Å². The maximum Gasteiger partial charge on any atom is 0.302 e. The highest BCUT2D eigenvalue weighted by Gasteiger charge is 2.37. The Labute approximate surface area is 227 Å². The lowest BCUT2D eigenvalue weighted by molar-refractivity contribution is -0.169. The maximum atomic E-state index is 11.8. The van der Waals surface area contributed by atoms with Crippen LogP contribution < -0.4 is 5.32 Å². The topological polar surface area (TPSA) is 118 Å². The van der Waals surface area contributed by atoms with Gasteiger partial charge >= 0.3 is 5.97 Å². The fourth-order valence-electron chi connectivity index (χ4n) is 4.98. The molecule has 1 unspecified atom stereocenters. The van der Waals surface area contributed by atoms with E-state index >= 15 is 0 Å². The van der Waals surface area contributed by atoms with Crippen LogP contribution in [0, 0.1) is 0 Å². The van der Waals surface area contributed by atoms with Crippen molar-refractivity contribution in [2.24, 2.45) is 14.1 Å². The number of nitrogens with zero attached hydrogens (tertiary/aromatic N) is 6. The molecule has 1 aliphatic carbocycles. The zero-order valence-corrected chi connectivity index (χ0v) is 22.6. The zero-order valence-electron chi connectivity index (χ0n) is 22.6. The third-order valence-electron chi connectivity index (χ3n) is 6.75. The molecule has 11 heteroatoms. The van der Waals surface area contributed by atoms with Gasteiger partial charge in [0.05, 0.1) is 18.4 Å². The Morgan fingerprint density at radius 2 is 1.77 bits per heavy atom. The van der Waals surface area contributed by atoms with E-state index in [-0.39, 0.29) is 24.9 Å². The minimum atomic E-state index is -0.406. The van der Waals surface area contributed by atoms with Gasteiger partial charge in [-0.15, -0.1) is 0 Å². The van der Waals surface area contributed by atoms with E-state index in [1.807, 2.05) is 57.1 Å². The third kappa shape index (κ3) is 6.15. The van der Waals surface area contributed by atoms with Gasteiger partial charge in [-0.3, -0.25) is 14.2 Å². The van der Waals surface area contributed by atoms with Crippen LogP contribution in [0.5, 0.6) is 0 Å². The summed E-state index contributed by atoms with van der Waals surface area (Å²) in [5.74, 6) is 0.900. The second-order valence-electron chi connectivity index (χ2n) is 9.71. The quantitative estimate of drug-likeness (QED) is 0.254. The first-order valence-corrected chi connectivity index (χ1v) is 12.9. The molecule has 0 amide bonds. The summed E-state index contributed by atoms with van der Waals surface area (Å²) in [5, 5.41) is 12.2. The van der Waals surface area contributed by atoms with Crippen molar-refractivity contribution in [2.75, 3.05) is 19.2 Å². The van der Waals surface area contributed by atoms with E-state index in [4.69, 9.17) is 24.2 Å². The van der Waals surface area contributed by atoms with Gasteiger partial charge in [-0.05, 0) is 30.9 Å². The number of hydrogen-bond donors (Lipinski definition) is 1. The molecule has 1 saturated carbocycles. The number of carbonyl (C=O) groups is 1. The van der Waals surface area contributed by atoms with Crippen molar-refractivity contribution < 1.29 is 19.0 Å². The number of aryl methyl sites for hydroxylation is 2. The van der Waals surface area contributed by atoms with E-state index in [0.717, 1.165) is 47.1 Å². The van der Waals surface area contributed by atoms with Crippen LogP contribution in [0.15, 0.2) is 55.2 Å². The Hall–Kier alpha value is -4.09. The SMILES string of the molecule is COCO[C@@H]1C(OC(C)=O)CCC[C@@H]1Nc1nc(-c2cccc(-c3cnn(C)c3)c2)ncc1-c1cnn(C)c1. The number of ether oxygens (including phenoxy) is 3. The van der Waals surface area contributed by atoms with Gasteiger partial charge in [-0.1, -0.05) is 18.2 Å². The maximum absolute atomic E-state index is 11.8. The van der Waals surface area contributed by atoms with Crippen molar-refractivity contribution in [1.82, 2.24) is 29.5 Å². The lowest BCUT2D eigenvalue weighted by atomic mass is 9.89. The first-order valence-electron chi connectivity index (χ1n) is 12.9. The lowest BCUT2D eigenvalue weighted by Gasteiger charge is -2.37. The Balaban J connectivity index is 1.51. The van der Waals surface area contributed by atoms with E-state index < -0.39 is 6.10 Å². The molecule has 11 nitrogen and oxygen atoms in total. The number of nitrogens with one attached hydrogen (secondary N) is 1. The van der Waals surface area contributed by atoms with Crippen LogP contribution in [-0.2, 0) is 33.1 Å². The van der Waals surface area contributed by atoms with Crippen LogP contribution in [0.3, 0.4) is 0 Å². The zero-order chi connectivity index (χ0) is 27.4. The first-order chi connectivity index (χ1) is 18.9. The van der Waals surface area contributed by atoms with Gasteiger partial charge < -0.3 is 19.5 Å². The van der Waals surface area contributed by atoms with E-state index in [2.05, 4.69) is 21.6 Å². The molecule has 3 aromatic heterocycles. The van der Waals surface area contributed by atoms with Crippen molar-refractivity contribution >= 4 is 11.8 Å². The summed E-state index contributed by atoms with van der Waals surface area (Å²) < 4.78 is 20.4. The number of aromatic nitrogens is 6. The van der Waals surface area contributed by atoms with E-state index in [0.29, 0.717) is 11.6 Å². The van der Waals surface area contributed by atoms with Crippen LogP contribution >= 0.6 is 0 Å². The molecule has 0 aliphatic heterocycles. The van der Waals surface area contributed by atoms with Gasteiger partial charge in [0.15, 0.2) is 5.82 Å². The molecule has 5 rings (SSSR count). The minimum absolute atomic E-state index is 0.0895. The highest BCUT2D eigenvalue weighted by Crippen LogP contribution is 2.33. The van der Waals surface area contributed by atoms with Crippen molar-refractivity contribution in [3.63, 3.8) is 0 Å². The van der Waals surface area contributed by atoms with Gasteiger partial charge in [-0.25, -0.2) is 9.97 Å². The molecular weight excluding hydrogens is 498 g/mol. The number of benzene rings is 1. The van der Waals surface area contributed by atoms with Crippen LogP contribution in [0.25, 0.3) is 33.6 Å². The van der Waals surface area contributed by atoms with Crippen molar-refractivity contribution in [3.8, 4) is 33.6 Å². The number of carbonyl (C=O) groups excluding carboxylic acids is 1. The number of hydrogen-bond acceptors (Lipinski definition) is 9. The van der Waals surface area contributed by atoms with Crippen LogP contribution in [0.4, 0.5) is 5.82 Å². The van der Waals surface area contributed by atoms with Crippen LogP contribution in [0.2, 0.25) is 0 Å². The summed E-state index contributed by atoms with van der Waals surface area (Å²) in [7, 11) is 5.34. The number of esters is 1. The Morgan fingerprint density at radius 1 is 1.03 bits per heavy atom. The molecule has 3 heterocycles. The van der Waals surface area contributed by atoms with E-state index in [1.54, 1.807) is 22.7 Å². The average molecular weight is 532 g/mol. The second-order valence-corrected chi connectivity index (χ2v) is 9.71. The second kappa shape index (κ2) is 11.7. The number of rotatable bonds is 9. The number of methoxy groups -OCH3 is 1. The highest BCUT2D eigenvalue weighted by molar-refractivity contribution is 5.77. The fourth-order valence-corrected chi connectivity index (χ4v) is 4.98. The lowest BCUT2D eigenvalue weighted by Crippen LogP contribution is -2.49. The summed E-state index contributed by atoms with van der Waals surface area (Å²) in [6.07, 6.45) is 10.9. The Kier molecular flexibility index (Phi) is 7.99. The fraction of sp³-hybridized carbons (Fsp3) is 0.393. The largest absolute Gasteiger partial charge is 0.460 e. The van der Waals surface area contributed by atoms with Crippen molar-refractivity contribution in [1.29, 1.82) is 0 Å². The summed E-state index contributed by atoms with van der Waals surface area (Å²) in [5.41, 5.74) is 4.62. The Morgan fingerprint density at radius 3 is 2.46 bits per heavy atom. The molecule has 1 aliphatic rings. The molecule has 0 saturated heterocycles. The van der Waals surface area contributed by atoms with E-state index in [9.17, 15) is 4.79 Å². The third-order valence-corrected chi connectivity index (χ3v) is 6.75. The van der Waals surface area contributed by atoms with Crippen LogP contribution in [0.1, 0.15) is 26.2 Å². The molecule has 1 N–H and O–H groups in total.